The standard InChI is InChI=1S/C17H16N2O2/c1-10-13(9-18)17(19)21-15-8-12(7-14(20)16(10)15)11-5-3-2-4-6-11/h2-6,10,12H,7-8,19H2,1H3/t10-,12-/m1/s1. The van der Waals surface area contributed by atoms with Crippen molar-refractivity contribution >= 4 is 5.78 Å². The molecule has 0 amide bonds. The fraction of sp³-hybridized carbons (Fsp3) is 0.294. The average molecular weight is 280 g/mol. The highest BCUT2D eigenvalue weighted by molar-refractivity contribution is 5.98. The van der Waals surface area contributed by atoms with Gasteiger partial charge in [0.2, 0.25) is 5.88 Å². The lowest BCUT2D eigenvalue weighted by atomic mass is 9.76. The molecule has 2 N–H and O–H groups in total. The van der Waals surface area contributed by atoms with E-state index in [1.54, 1.807) is 0 Å². The van der Waals surface area contributed by atoms with Crippen LogP contribution in [0.1, 0.15) is 31.2 Å². The summed E-state index contributed by atoms with van der Waals surface area (Å²) in [7, 11) is 0. The van der Waals surface area contributed by atoms with E-state index in [9.17, 15) is 4.79 Å². The van der Waals surface area contributed by atoms with Gasteiger partial charge in [0.1, 0.15) is 11.8 Å². The fourth-order valence-electron chi connectivity index (χ4n) is 3.13. The highest BCUT2D eigenvalue weighted by Crippen LogP contribution is 2.42. The molecule has 1 aromatic carbocycles. The van der Waals surface area contributed by atoms with E-state index in [1.165, 1.54) is 0 Å². The maximum Gasteiger partial charge on any atom is 0.204 e. The van der Waals surface area contributed by atoms with E-state index in [2.05, 4.69) is 0 Å². The van der Waals surface area contributed by atoms with E-state index in [0.717, 1.165) is 5.56 Å². The Morgan fingerprint density at radius 3 is 2.67 bits per heavy atom. The van der Waals surface area contributed by atoms with Crippen LogP contribution in [0.4, 0.5) is 0 Å². The Kier molecular flexibility index (Phi) is 3.26. The summed E-state index contributed by atoms with van der Waals surface area (Å²) >= 11 is 0. The van der Waals surface area contributed by atoms with Gasteiger partial charge in [0.25, 0.3) is 0 Å². The van der Waals surface area contributed by atoms with Gasteiger partial charge in [-0.15, -0.1) is 0 Å². The summed E-state index contributed by atoms with van der Waals surface area (Å²) in [6.45, 7) is 1.84. The largest absolute Gasteiger partial charge is 0.444 e. The molecule has 0 bridgehead atoms. The highest BCUT2D eigenvalue weighted by Gasteiger charge is 2.37. The van der Waals surface area contributed by atoms with Gasteiger partial charge in [0, 0.05) is 24.3 Å². The molecule has 2 atom stereocenters. The average Bonchev–Trinajstić information content (AvgIpc) is 2.47. The van der Waals surface area contributed by atoms with Crippen molar-refractivity contribution in [2.75, 3.05) is 0 Å². The van der Waals surface area contributed by atoms with Crippen LogP contribution in [-0.2, 0) is 9.53 Å². The van der Waals surface area contributed by atoms with Crippen LogP contribution in [-0.4, -0.2) is 5.78 Å². The second-order valence-electron chi connectivity index (χ2n) is 5.49. The zero-order chi connectivity index (χ0) is 15.0. The number of hydrogen-bond acceptors (Lipinski definition) is 4. The van der Waals surface area contributed by atoms with Crippen molar-refractivity contribution in [3.8, 4) is 6.07 Å². The van der Waals surface area contributed by atoms with Gasteiger partial charge in [-0.05, 0) is 11.5 Å². The first kappa shape index (κ1) is 13.4. The predicted octanol–water partition coefficient (Wildman–Crippen LogP) is 2.75. The van der Waals surface area contributed by atoms with E-state index in [0.29, 0.717) is 29.7 Å². The first-order valence-corrected chi connectivity index (χ1v) is 7.00. The van der Waals surface area contributed by atoms with Crippen molar-refractivity contribution in [2.45, 2.75) is 25.7 Å². The molecule has 1 aliphatic carbocycles. The van der Waals surface area contributed by atoms with E-state index < -0.39 is 0 Å². The monoisotopic (exact) mass is 280 g/mol. The summed E-state index contributed by atoms with van der Waals surface area (Å²) in [4.78, 5) is 12.5. The lowest BCUT2D eigenvalue weighted by Gasteiger charge is -2.32. The van der Waals surface area contributed by atoms with Crippen molar-refractivity contribution in [3.05, 3.63) is 58.7 Å². The smallest absolute Gasteiger partial charge is 0.204 e. The van der Waals surface area contributed by atoms with Crippen LogP contribution in [0.5, 0.6) is 0 Å². The summed E-state index contributed by atoms with van der Waals surface area (Å²) in [6, 6.07) is 12.0. The number of ether oxygens (including phenoxy) is 1. The van der Waals surface area contributed by atoms with Gasteiger partial charge in [-0.3, -0.25) is 4.79 Å². The Bertz CT molecular complexity index is 695. The number of nitriles is 1. The van der Waals surface area contributed by atoms with Gasteiger partial charge in [0.15, 0.2) is 5.78 Å². The molecule has 0 saturated heterocycles. The molecule has 0 radical (unpaired) electrons. The quantitative estimate of drug-likeness (QED) is 0.858. The molecule has 3 rings (SSSR count). The normalized spacial score (nSPS) is 25.2. The predicted molar refractivity (Wildman–Crippen MR) is 77.5 cm³/mol. The van der Waals surface area contributed by atoms with Crippen LogP contribution in [0.2, 0.25) is 0 Å². The fourth-order valence-corrected chi connectivity index (χ4v) is 3.13. The number of Topliss-reactive ketones (excluding diaryl/α,β-unsaturated/α-hetero) is 1. The number of rotatable bonds is 1. The van der Waals surface area contributed by atoms with Gasteiger partial charge < -0.3 is 10.5 Å². The van der Waals surface area contributed by atoms with Crippen LogP contribution in [0.15, 0.2) is 53.1 Å². The molecule has 2 aliphatic rings. The summed E-state index contributed by atoms with van der Waals surface area (Å²) in [5, 5.41) is 9.14. The third-order valence-electron chi connectivity index (χ3n) is 4.22. The van der Waals surface area contributed by atoms with Crippen molar-refractivity contribution in [2.24, 2.45) is 11.7 Å². The maximum atomic E-state index is 12.5. The van der Waals surface area contributed by atoms with E-state index >= 15 is 0 Å². The Morgan fingerprint density at radius 2 is 2.00 bits per heavy atom. The minimum absolute atomic E-state index is 0.0536. The second kappa shape index (κ2) is 5.10. The first-order chi connectivity index (χ1) is 10.1. The number of nitrogens with two attached hydrogens (primary N) is 1. The molecule has 0 unspecified atom stereocenters. The summed E-state index contributed by atoms with van der Waals surface area (Å²) in [5.74, 6) is 0.649. The zero-order valence-electron chi connectivity index (χ0n) is 11.8. The first-order valence-electron chi connectivity index (χ1n) is 7.00. The third kappa shape index (κ3) is 2.21. The Balaban J connectivity index is 1.95. The maximum absolute atomic E-state index is 12.5. The molecule has 4 heteroatoms. The van der Waals surface area contributed by atoms with Gasteiger partial charge in [-0.1, -0.05) is 37.3 Å². The molecule has 0 aromatic heterocycles. The van der Waals surface area contributed by atoms with Gasteiger partial charge in [0.05, 0.1) is 5.57 Å². The van der Waals surface area contributed by atoms with E-state index in [4.69, 9.17) is 15.7 Å². The lowest BCUT2D eigenvalue weighted by Crippen LogP contribution is -2.29. The minimum atomic E-state index is -0.275. The van der Waals surface area contributed by atoms with Gasteiger partial charge in [-0.25, -0.2) is 0 Å². The molecule has 1 aliphatic heterocycles. The molecule has 0 fully saturated rings. The molecule has 4 nitrogen and oxygen atoms in total. The molecule has 0 saturated carbocycles. The Labute approximate surface area is 123 Å². The summed E-state index contributed by atoms with van der Waals surface area (Å²) < 4.78 is 5.58. The molecule has 106 valence electrons. The molecular formula is C17H16N2O2. The summed E-state index contributed by atoms with van der Waals surface area (Å²) in [6.07, 6.45) is 1.10. The van der Waals surface area contributed by atoms with E-state index in [-0.39, 0.29) is 23.5 Å². The van der Waals surface area contributed by atoms with Crippen LogP contribution >= 0.6 is 0 Å². The zero-order valence-corrected chi connectivity index (χ0v) is 11.8. The van der Waals surface area contributed by atoms with Gasteiger partial charge >= 0.3 is 0 Å². The van der Waals surface area contributed by atoms with E-state index in [1.807, 2.05) is 43.3 Å². The topological polar surface area (TPSA) is 76.1 Å². The summed E-state index contributed by atoms with van der Waals surface area (Å²) in [5.41, 5.74) is 7.90. The van der Waals surface area contributed by atoms with Crippen molar-refractivity contribution in [3.63, 3.8) is 0 Å². The number of carbonyl (C=O) groups is 1. The number of carbonyl (C=O) groups excluding carboxylic acids is 1. The molecule has 21 heavy (non-hydrogen) atoms. The number of ketones is 1. The molecule has 1 aromatic rings. The van der Waals surface area contributed by atoms with Crippen LogP contribution < -0.4 is 5.73 Å². The number of benzene rings is 1. The van der Waals surface area contributed by atoms with Crippen LogP contribution in [0, 0.1) is 17.2 Å². The SMILES string of the molecule is C[C@@H]1C(C#N)=C(N)OC2=C1C(=O)C[C@@H](c1ccccc1)C2. The van der Waals surface area contributed by atoms with Crippen molar-refractivity contribution < 1.29 is 9.53 Å². The van der Waals surface area contributed by atoms with Crippen LogP contribution in [0.25, 0.3) is 0 Å². The number of hydrogen-bond donors (Lipinski definition) is 1. The lowest BCUT2D eigenvalue weighted by molar-refractivity contribution is -0.117. The number of allylic oxidation sites excluding steroid dienone is 3. The number of nitrogens with zero attached hydrogens (tertiary/aromatic N) is 1. The Hall–Kier alpha value is -2.54. The Morgan fingerprint density at radius 1 is 1.29 bits per heavy atom. The molecular weight excluding hydrogens is 264 g/mol. The highest BCUT2D eigenvalue weighted by atomic mass is 16.5. The minimum Gasteiger partial charge on any atom is -0.444 e. The van der Waals surface area contributed by atoms with Crippen molar-refractivity contribution in [1.82, 2.24) is 0 Å². The van der Waals surface area contributed by atoms with Crippen LogP contribution in [0.3, 0.4) is 0 Å². The van der Waals surface area contributed by atoms with Crippen molar-refractivity contribution in [1.29, 1.82) is 5.26 Å². The molecule has 0 spiro atoms. The second-order valence-corrected chi connectivity index (χ2v) is 5.49. The van der Waals surface area contributed by atoms with Gasteiger partial charge in [-0.2, -0.15) is 5.26 Å². The third-order valence-corrected chi connectivity index (χ3v) is 4.22. The molecule has 1 heterocycles.